The normalized spacial score (nSPS) is 11.0. The Kier molecular flexibility index (Phi) is 6.04. The Morgan fingerprint density at radius 3 is 2.80 bits per heavy atom. The summed E-state index contributed by atoms with van der Waals surface area (Å²) in [6.45, 7) is 4.69. The van der Waals surface area contributed by atoms with Gasteiger partial charge in [0.2, 0.25) is 5.91 Å². The molecule has 0 saturated carbocycles. The largest absolute Gasteiger partial charge is 0.355 e. The van der Waals surface area contributed by atoms with Gasteiger partial charge in [0.25, 0.3) is 0 Å². The summed E-state index contributed by atoms with van der Waals surface area (Å²) in [5, 5.41) is 4.94. The molecule has 0 aliphatic heterocycles. The van der Waals surface area contributed by atoms with E-state index in [0.29, 0.717) is 12.3 Å². The molecule has 0 saturated heterocycles. The minimum Gasteiger partial charge on any atom is -0.355 e. The maximum Gasteiger partial charge on any atom is 0.230 e. The van der Waals surface area contributed by atoms with E-state index in [-0.39, 0.29) is 5.91 Å². The van der Waals surface area contributed by atoms with Crippen LogP contribution in [0.3, 0.4) is 0 Å². The van der Waals surface area contributed by atoms with E-state index in [9.17, 15) is 4.79 Å². The number of rotatable bonds is 7. The van der Waals surface area contributed by atoms with E-state index < -0.39 is 0 Å². The number of nitrogens with zero attached hydrogens (tertiary/aromatic N) is 2. The van der Waals surface area contributed by atoms with Gasteiger partial charge in [-0.2, -0.15) is 0 Å². The molecular formula is C19H21N3OS2. The molecule has 0 aliphatic rings. The van der Waals surface area contributed by atoms with Gasteiger partial charge in [0.1, 0.15) is 15.7 Å². The van der Waals surface area contributed by atoms with Crippen LogP contribution in [0.1, 0.15) is 23.2 Å². The van der Waals surface area contributed by atoms with Crippen molar-refractivity contribution >= 4 is 39.2 Å². The number of carbonyl (C=O) groups is 1. The average molecular weight is 372 g/mol. The number of aryl methyl sites for hydroxylation is 2. The zero-order valence-corrected chi connectivity index (χ0v) is 16.0. The molecule has 0 aliphatic carbocycles. The molecule has 0 spiro atoms. The van der Waals surface area contributed by atoms with Crippen molar-refractivity contribution in [2.24, 2.45) is 0 Å². The molecular weight excluding hydrogens is 350 g/mol. The highest BCUT2D eigenvalue weighted by atomic mass is 32.2. The molecule has 0 atom stereocenters. The number of amides is 1. The number of carbonyl (C=O) groups excluding carboxylic acids is 1. The van der Waals surface area contributed by atoms with Gasteiger partial charge in [-0.15, -0.1) is 11.3 Å². The van der Waals surface area contributed by atoms with E-state index in [2.05, 4.69) is 40.4 Å². The second kappa shape index (κ2) is 8.45. The summed E-state index contributed by atoms with van der Waals surface area (Å²) in [5.41, 5.74) is 1.23. The number of hydrogen-bond donors (Lipinski definition) is 1. The maximum atomic E-state index is 12.1. The molecule has 130 valence electrons. The van der Waals surface area contributed by atoms with Crippen molar-refractivity contribution in [3.8, 4) is 0 Å². The number of aromatic nitrogens is 2. The highest BCUT2D eigenvalue weighted by Crippen LogP contribution is 2.31. The van der Waals surface area contributed by atoms with Gasteiger partial charge >= 0.3 is 0 Å². The predicted octanol–water partition coefficient (Wildman–Crippen LogP) is 4.01. The Morgan fingerprint density at radius 1 is 1.24 bits per heavy atom. The van der Waals surface area contributed by atoms with Crippen molar-refractivity contribution in [2.45, 2.75) is 31.7 Å². The SMILES string of the molecule is CCc1cc2c(SCC(=O)NCCc3ccccc3)nc(C)nc2s1. The number of thiophene rings is 1. The van der Waals surface area contributed by atoms with Crippen molar-refractivity contribution in [3.05, 3.63) is 52.7 Å². The van der Waals surface area contributed by atoms with Crippen molar-refractivity contribution < 1.29 is 4.79 Å². The Labute approximate surface area is 156 Å². The zero-order valence-electron chi connectivity index (χ0n) is 14.4. The summed E-state index contributed by atoms with van der Waals surface area (Å²) >= 11 is 3.19. The fourth-order valence-electron chi connectivity index (χ4n) is 2.51. The Balaban J connectivity index is 1.56. The van der Waals surface area contributed by atoms with Crippen molar-refractivity contribution in [3.63, 3.8) is 0 Å². The van der Waals surface area contributed by atoms with E-state index in [4.69, 9.17) is 0 Å². The van der Waals surface area contributed by atoms with Gasteiger partial charge in [-0.1, -0.05) is 49.0 Å². The summed E-state index contributed by atoms with van der Waals surface area (Å²) < 4.78 is 0. The van der Waals surface area contributed by atoms with Gasteiger partial charge in [0.15, 0.2) is 0 Å². The molecule has 2 aromatic heterocycles. The number of nitrogens with one attached hydrogen (secondary N) is 1. The first-order valence-corrected chi connectivity index (χ1v) is 10.2. The van der Waals surface area contributed by atoms with Crippen LogP contribution in [0.2, 0.25) is 0 Å². The first-order valence-electron chi connectivity index (χ1n) is 8.36. The average Bonchev–Trinajstić information content (AvgIpc) is 3.03. The van der Waals surface area contributed by atoms with Crippen LogP contribution in [0.5, 0.6) is 0 Å². The highest BCUT2D eigenvalue weighted by molar-refractivity contribution is 8.00. The van der Waals surface area contributed by atoms with Crippen molar-refractivity contribution in [2.75, 3.05) is 12.3 Å². The van der Waals surface area contributed by atoms with Crippen molar-refractivity contribution in [1.82, 2.24) is 15.3 Å². The van der Waals surface area contributed by atoms with Gasteiger partial charge in [0.05, 0.1) is 5.75 Å². The predicted molar refractivity (Wildman–Crippen MR) is 105 cm³/mol. The minimum atomic E-state index is 0.0382. The Hall–Kier alpha value is -1.92. The van der Waals surface area contributed by atoms with Gasteiger partial charge in [-0.3, -0.25) is 4.79 Å². The molecule has 3 aromatic rings. The molecule has 2 heterocycles. The molecule has 0 bridgehead atoms. The molecule has 6 heteroatoms. The third-order valence-corrected chi connectivity index (χ3v) is 5.95. The van der Waals surface area contributed by atoms with E-state index in [0.717, 1.165) is 33.9 Å². The lowest BCUT2D eigenvalue weighted by Crippen LogP contribution is -2.27. The van der Waals surface area contributed by atoms with Gasteiger partial charge < -0.3 is 5.32 Å². The molecule has 1 aromatic carbocycles. The third-order valence-electron chi connectivity index (χ3n) is 3.79. The molecule has 0 radical (unpaired) electrons. The number of benzene rings is 1. The standard InChI is InChI=1S/C19H21N3OS2/c1-3-15-11-16-18(21-13(2)22-19(16)25-15)24-12-17(23)20-10-9-14-7-5-4-6-8-14/h4-8,11H,3,9-10,12H2,1-2H3,(H,20,23). The molecule has 1 N–H and O–H groups in total. The van der Waals surface area contributed by atoms with Crippen LogP contribution in [0.4, 0.5) is 0 Å². The molecule has 0 unspecified atom stereocenters. The summed E-state index contributed by atoms with van der Waals surface area (Å²) in [5.74, 6) is 1.16. The van der Waals surface area contributed by atoms with Gasteiger partial charge in [-0.25, -0.2) is 9.97 Å². The quantitative estimate of drug-likeness (QED) is 0.503. The van der Waals surface area contributed by atoms with Crippen LogP contribution in [-0.2, 0) is 17.6 Å². The summed E-state index contributed by atoms with van der Waals surface area (Å²) in [6.07, 6.45) is 1.84. The lowest BCUT2D eigenvalue weighted by atomic mass is 10.1. The summed E-state index contributed by atoms with van der Waals surface area (Å²) in [7, 11) is 0. The van der Waals surface area contributed by atoms with Crippen LogP contribution in [0, 0.1) is 6.92 Å². The van der Waals surface area contributed by atoms with Crippen LogP contribution in [0.15, 0.2) is 41.4 Å². The summed E-state index contributed by atoms with van der Waals surface area (Å²) in [4.78, 5) is 23.5. The van der Waals surface area contributed by atoms with Crippen LogP contribution >= 0.6 is 23.1 Å². The molecule has 3 rings (SSSR count). The first kappa shape index (κ1) is 17.9. The summed E-state index contributed by atoms with van der Waals surface area (Å²) in [6, 6.07) is 12.3. The van der Waals surface area contributed by atoms with Crippen molar-refractivity contribution in [1.29, 1.82) is 0 Å². The van der Waals surface area contributed by atoms with Crippen LogP contribution in [0.25, 0.3) is 10.2 Å². The first-order chi connectivity index (χ1) is 12.2. The molecule has 4 nitrogen and oxygen atoms in total. The molecule has 1 amide bonds. The number of hydrogen-bond acceptors (Lipinski definition) is 5. The second-order valence-corrected chi connectivity index (χ2v) is 7.81. The third kappa shape index (κ3) is 4.80. The topological polar surface area (TPSA) is 54.9 Å². The van der Waals surface area contributed by atoms with E-state index >= 15 is 0 Å². The molecule has 25 heavy (non-hydrogen) atoms. The molecule has 0 fully saturated rings. The highest BCUT2D eigenvalue weighted by Gasteiger charge is 2.12. The lowest BCUT2D eigenvalue weighted by molar-refractivity contribution is -0.118. The number of thioether (sulfide) groups is 1. The Morgan fingerprint density at radius 2 is 2.04 bits per heavy atom. The lowest BCUT2D eigenvalue weighted by Gasteiger charge is -2.06. The van der Waals surface area contributed by atoms with Gasteiger partial charge in [-0.05, 0) is 31.4 Å². The van der Waals surface area contributed by atoms with Gasteiger partial charge in [0, 0.05) is 16.8 Å². The van der Waals surface area contributed by atoms with Crippen LogP contribution in [-0.4, -0.2) is 28.2 Å². The number of fused-ring (bicyclic) bond motifs is 1. The van der Waals surface area contributed by atoms with E-state index in [1.54, 1.807) is 11.3 Å². The zero-order chi connectivity index (χ0) is 17.6. The fourth-order valence-corrected chi connectivity index (χ4v) is 4.46. The van der Waals surface area contributed by atoms with E-state index in [1.807, 2.05) is 25.1 Å². The smallest absolute Gasteiger partial charge is 0.230 e. The van der Waals surface area contributed by atoms with E-state index in [1.165, 1.54) is 22.2 Å². The second-order valence-electron chi connectivity index (χ2n) is 5.74. The Bertz CT molecular complexity index is 862. The minimum absolute atomic E-state index is 0.0382. The van der Waals surface area contributed by atoms with Crippen LogP contribution < -0.4 is 5.32 Å². The fraction of sp³-hybridized carbons (Fsp3) is 0.316. The monoisotopic (exact) mass is 371 g/mol. The maximum absolute atomic E-state index is 12.1.